The minimum Gasteiger partial charge on any atom is -0.504 e. The summed E-state index contributed by atoms with van der Waals surface area (Å²) in [6, 6.07) is 5.02. The fourth-order valence-corrected chi connectivity index (χ4v) is 5.03. The van der Waals surface area contributed by atoms with Crippen LogP contribution in [0.1, 0.15) is 51.0 Å². The Morgan fingerprint density at radius 2 is 2.00 bits per heavy atom. The molecule has 0 spiro atoms. The molecule has 3 rings (SSSR count). The lowest BCUT2D eigenvalue weighted by Crippen LogP contribution is -2.53. The molecule has 2 amide bonds. The Morgan fingerprint density at radius 1 is 1.28 bits per heavy atom. The summed E-state index contributed by atoms with van der Waals surface area (Å²) in [5, 5.41) is 22.2. The van der Waals surface area contributed by atoms with Gasteiger partial charge in [-0.3, -0.25) is 4.79 Å². The van der Waals surface area contributed by atoms with Crippen LogP contribution in [0.15, 0.2) is 18.2 Å². The second kappa shape index (κ2) is 8.93. The molecule has 2 atom stereocenters. The number of aromatic hydroxyl groups is 1. The molecule has 1 aromatic rings. The van der Waals surface area contributed by atoms with E-state index in [1.54, 1.807) is 18.2 Å². The fraction of sp³-hybridized carbons (Fsp3) is 0.636. The molecular weight excluding hydrogens is 372 g/mol. The summed E-state index contributed by atoms with van der Waals surface area (Å²) in [5.41, 5.74) is 0.840. The van der Waals surface area contributed by atoms with E-state index in [9.17, 15) is 19.8 Å². The highest BCUT2D eigenvalue weighted by molar-refractivity contribution is 5.79. The predicted octanol–water partition coefficient (Wildman–Crippen LogP) is 3.60. The molecule has 1 aliphatic heterocycles. The molecule has 0 radical (unpaired) electrons. The highest BCUT2D eigenvalue weighted by Gasteiger charge is 2.46. The Kier molecular flexibility index (Phi) is 6.55. The van der Waals surface area contributed by atoms with E-state index in [0.29, 0.717) is 31.8 Å². The maximum atomic E-state index is 13.1. The van der Waals surface area contributed by atoms with Crippen molar-refractivity contribution in [2.75, 3.05) is 20.2 Å². The van der Waals surface area contributed by atoms with Gasteiger partial charge in [-0.15, -0.1) is 0 Å². The van der Waals surface area contributed by atoms with Gasteiger partial charge in [0.05, 0.1) is 7.11 Å². The van der Waals surface area contributed by atoms with Crippen molar-refractivity contribution in [3.8, 4) is 11.5 Å². The lowest BCUT2D eigenvalue weighted by molar-refractivity contribution is -0.132. The second-order valence-electron chi connectivity index (χ2n) is 8.67. The van der Waals surface area contributed by atoms with Gasteiger partial charge < -0.3 is 25.2 Å². The number of carboxylic acid groups (broad SMARTS) is 1. The normalized spacial score (nSPS) is 24.0. The number of hydrogen-bond acceptors (Lipinski definition) is 4. The molecule has 0 bridgehead atoms. The average Bonchev–Trinajstić information content (AvgIpc) is 2.73. The number of methoxy groups -OCH3 is 1. The number of likely N-dealkylation sites (tertiary alicyclic amines) is 1. The number of benzene rings is 1. The van der Waals surface area contributed by atoms with E-state index in [-0.39, 0.29) is 28.9 Å². The Bertz CT molecular complexity index is 745. The first-order valence-corrected chi connectivity index (χ1v) is 10.5. The van der Waals surface area contributed by atoms with Gasteiger partial charge in [-0.05, 0) is 48.3 Å². The standard InChI is InChI=1S/C22H32N2O5/c1-22(9-4-3-5-10-22)17-14-24(21(27)28)11-8-16(17)20(26)23-13-15-6-7-18(25)19(12-15)29-2/h6-7,12,16-17,25H,3-5,8-11,13-14H2,1-2H3,(H,23,26)(H,27,28). The van der Waals surface area contributed by atoms with E-state index >= 15 is 0 Å². The van der Waals surface area contributed by atoms with Gasteiger partial charge in [0.25, 0.3) is 0 Å². The fourth-order valence-electron chi connectivity index (χ4n) is 5.03. The van der Waals surface area contributed by atoms with Crippen molar-refractivity contribution in [3.63, 3.8) is 0 Å². The van der Waals surface area contributed by atoms with Crippen molar-refractivity contribution >= 4 is 12.0 Å². The number of nitrogens with zero attached hydrogens (tertiary/aromatic N) is 1. The van der Waals surface area contributed by atoms with Crippen LogP contribution in [0.4, 0.5) is 4.79 Å². The van der Waals surface area contributed by atoms with E-state index in [2.05, 4.69) is 12.2 Å². The third-order valence-electron chi connectivity index (χ3n) is 6.82. The van der Waals surface area contributed by atoms with Crippen LogP contribution in [0.2, 0.25) is 0 Å². The molecule has 1 heterocycles. The summed E-state index contributed by atoms with van der Waals surface area (Å²) < 4.78 is 5.13. The SMILES string of the molecule is COc1cc(CNC(=O)C2CCN(C(=O)O)CC2C2(C)CCCCC2)ccc1O. The summed E-state index contributed by atoms with van der Waals surface area (Å²) in [5.74, 6) is 0.265. The van der Waals surface area contributed by atoms with Gasteiger partial charge in [-0.2, -0.15) is 0 Å². The molecule has 2 fully saturated rings. The topological polar surface area (TPSA) is 99.1 Å². The molecule has 29 heavy (non-hydrogen) atoms. The van der Waals surface area contributed by atoms with Crippen molar-refractivity contribution < 1.29 is 24.5 Å². The number of carbonyl (C=O) groups is 2. The van der Waals surface area contributed by atoms with Crippen molar-refractivity contribution in [2.45, 2.75) is 52.0 Å². The average molecular weight is 405 g/mol. The zero-order valence-corrected chi connectivity index (χ0v) is 17.3. The van der Waals surface area contributed by atoms with Crippen LogP contribution in [0, 0.1) is 17.3 Å². The molecule has 0 aromatic heterocycles. The van der Waals surface area contributed by atoms with Gasteiger partial charge in [0.2, 0.25) is 5.91 Å². The van der Waals surface area contributed by atoms with Crippen molar-refractivity contribution in [3.05, 3.63) is 23.8 Å². The Balaban J connectivity index is 1.72. The number of rotatable bonds is 5. The number of phenols is 1. The van der Waals surface area contributed by atoms with E-state index in [1.807, 2.05) is 0 Å². The summed E-state index contributed by atoms with van der Waals surface area (Å²) in [6.45, 7) is 3.40. The smallest absolute Gasteiger partial charge is 0.407 e. The molecule has 160 valence electrons. The lowest BCUT2D eigenvalue weighted by atomic mass is 9.61. The van der Waals surface area contributed by atoms with Crippen LogP contribution in [0.3, 0.4) is 0 Å². The summed E-state index contributed by atoms with van der Waals surface area (Å²) in [6.07, 6.45) is 5.24. The minimum absolute atomic E-state index is 0.00384. The Morgan fingerprint density at radius 3 is 2.66 bits per heavy atom. The maximum absolute atomic E-state index is 13.1. The number of phenolic OH excluding ortho intramolecular Hbond substituents is 1. The number of piperidine rings is 1. The summed E-state index contributed by atoms with van der Waals surface area (Å²) in [4.78, 5) is 26.1. The van der Waals surface area contributed by atoms with E-state index in [1.165, 1.54) is 18.4 Å². The van der Waals surface area contributed by atoms with Crippen molar-refractivity contribution in [1.82, 2.24) is 10.2 Å². The van der Waals surface area contributed by atoms with Crippen LogP contribution in [0.25, 0.3) is 0 Å². The zero-order chi connectivity index (χ0) is 21.0. The number of ether oxygens (including phenoxy) is 1. The number of carbonyl (C=O) groups excluding carboxylic acids is 1. The van der Waals surface area contributed by atoms with Crippen molar-refractivity contribution in [2.24, 2.45) is 17.3 Å². The highest BCUT2D eigenvalue weighted by atomic mass is 16.5. The molecule has 2 aliphatic rings. The monoisotopic (exact) mass is 404 g/mol. The molecule has 2 unspecified atom stereocenters. The molecule has 1 aromatic carbocycles. The molecular formula is C22H32N2O5. The summed E-state index contributed by atoms with van der Waals surface area (Å²) in [7, 11) is 1.49. The molecule has 7 heteroatoms. The first-order valence-electron chi connectivity index (χ1n) is 10.5. The van der Waals surface area contributed by atoms with Crippen LogP contribution >= 0.6 is 0 Å². The Hall–Kier alpha value is -2.44. The third kappa shape index (κ3) is 4.77. The number of nitrogens with one attached hydrogen (secondary N) is 1. The van der Waals surface area contributed by atoms with Gasteiger partial charge in [-0.25, -0.2) is 4.79 Å². The van der Waals surface area contributed by atoms with Crippen LogP contribution in [0.5, 0.6) is 11.5 Å². The number of amides is 2. The van der Waals surface area contributed by atoms with E-state index in [4.69, 9.17) is 4.74 Å². The van der Waals surface area contributed by atoms with Crippen molar-refractivity contribution in [1.29, 1.82) is 0 Å². The van der Waals surface area contributed by atoms with Crippen LogP contribution < -0.4 is 10.1 Å². The van der Waals surface area contributed by atoms with Gasteiger partial charge in [0.1, 0.15) is 0 Å². The maximum Gasteiger partial charge on any atom is 0.407 e. The van der Waals surface area contributed by atoms with E-state index < -0.39 is 6.09 Å². The number of hydrogen-bond donors (Lipinski definition) is 3. The second-order valence-corrected chi connectivity index (χ2v) is 8.67. The van der Waals surface area contributed by atoms with Gasteiger partial charge in [0, 0.05) is 25.6 Å². The van der Waals surface area contributed by atoms with Gasteiger partial charge in [0.15, 0.2) is 11.5 Å². The van der Waals surface area contributed by atoms with E-state index in [0.717, 1.165) is 31.2 Å². The first kappa shape index (κ1) is 21.3. The highest BCUT2D eigenvalue weighted by Crippen LogP contribution is 2.47. The summed E-state index contributed by atoms with van der Waals surface area (Å²) >= 11 is 0. The molecule has 3 N–H and O–H groups in total. The quantitative estimate of drug-likeness (QED) is 0.696. The van der Waals surface area contributed by atoms with Crippen LogP contribution in [-0.2, 0) is 11.3 Å². The molecule has 1 saturated heterocycles. The predicted molar refractivity (Wildman–Crippen MR) is 109 cm³/mol. The first-order chi connectivity index (χ1) is 13.8. The molecule has 1 saturated carbocycles. The minimum atomic E-state index is -0.899. The van der Waals surface area contributed by atoms with Gasteiger partial charge in [-0.1, -0.05) is 32.3 Å². The molecule has 1 aliphatic carbocycles. The molecule has 7 nitrogen and oxygen atoms in total. The lowest BCUT2D eigenvalue weighted by Gasteiger charge is -2.48. The zero-order valence-electron chi connectivity index (χ0n) is 17.3. The largest absolute Gasteiger partial charge is 0.504 e. The Labute approximate surface area is 172 Å². The van der Waals surface area contributed by atoms with Crippen LogP contribution in [-0.4, -0.2) is 47.3 Å². The van der Waals surface area contributed by atoms with Gasteiger partial charge >= 0.3 is 6.09 Å². The third-order valence-corrected chi connectivity index (χ3v) is 6.82.